The van der Waals surface area contributed by atoms with Crippen LogP contribution in [0, 0.1) is 0 Å². The molecule has 6 heteroatoms. The highest BCUT2D eigenvalue weighted by atomic mass is 16.5. The molecule has 0 amide bonds. The Kier molecular flexibility index (Phi) is 5.09. The molecule has 6 nitrogen and oxygen atoms in total. The van der Waals surface area contributed by atoms with Crippen LogP contribution in [0.5, 0.6) is 0 Å². The predicted molar refractivity (Wildman–Crippen MR) is 63.4 cm³/mol. The van der Waals surface area contributed by atoms with Crippen LogP contribution in [0.15, 0.2) is 12.7 Å². The first kappa shape index (κ1) is 13.6. The summed E-state index contributed by atoms with van der Waals surface area (Å²) < 4.78 is 6.80. The molecule has 0 fully saturated rings. The lowest BCUT2D eigenvalue weighted by Gasteiger charge is -2.26. The Morgan fingerprint density at radius 3 is 2.88 bits per heavy atom. The van der Waals surface area contributed by atoms with Crippen LogP contribution in [0.1, 0.15) is 26.7 Å². The first-order valence-corrected chi connectivity index (χ1v) is 5.81. The zero-order chi connectivity index (χ0) is 12.7. The summed E-state index contributed by atoms with van der Waals surface area (Å²) in [5.41, 5.74) is -0.628. The molecule has 1 N–H and O–H groups in total. The second-order valence-corrected chi connectivity index (χ2v) is 4.06. The average Bonchev–Trinajstić information content (AvgIpc) is 2.82. The molecule has 0 aromatic carbocycles. The van der Waals surface area contributed by atoms with Crippen molar-refractivity contribution in [1.82, 2.24) is 20.1 Å². The Bertz CT molecular complexity index is 339. The van der Waals surface area contributed by atoms with Crippen LogP contribution in [0.3, 0.4) is 0 Å². The standard InChI is InChI=1S/C11H20N4O2/c1-4-17-10(16)11(2,12-3)6-5-7-15-9-13-8-14-15/h8-9,12H,4-7H2,1-3H3. The summed E-state index contributed by atoms with van der Waals surface area (Å²) in [7, 11) is 1.77. The van der Waals surface area contributed by atoms with E-state index in [1.807, 2.05) is 13.8 Å². The van der Waals surface area contributed by atoms with Gasteiger partial charge in [-0.05, 0) is 33.7 Å². The Balaban J connectivity index is 2.43. The summed E-state index contributed by atoms with van der Waals surface area (Å²) in [6, 6.07) is 0. The molecule has 1 aromatic rings. The second-order valence-electron chi connectivity index (χ2n) is 4.06. The Morgan fingerprint density at radius 2 is 2.35 bits per heavy atom. The third kappa shape index (κ3) is 3.81. The number of nitrogens with zero attached hydrogens (tertiary/aromatic N) is 3. The van der Waals surface area contributed by atoms with Gasteiger partial charge in [-0.2, -0.15) is 5.10 Å². The number of nitrogens with one attached hydrogen (secondary N) is 1. The number of hydrogen-bond donors (Lipinski definition) is 1. The molecule has 1 heterocycles. The van der Waals surface area contributed by atoms with E-state index in [-0.39, 0.29) is 5.97 Å². The Hall–Kier alpha value is -1.43. The maximum atomic E-state index is 11.8. The van der Waals surface area contributed by atoms with Crippen molar-refractivity contribution in [1.29, 1.82) is 0 Å². The van der Waals surface area contributed by atoms with Gasteiger partial charge < -0.3 is 10.1 Å². The highest BCUT2D eigenvalue weighted by molar-refractivity contribution is 5.80. The molecule has 0 radical (unpaired) electrons. The summed E-state index contributed by atoms with van der Waals surface area (Å²) in [4.78, 5) is 15.6. The van der Waals surface area contributed by atoms with Crippen LogP contribution in [0.2, 0.25) is 0 Å². The molecule has 0 bridgehead atoms. The fourth-order valence-corrected chi connectivity index (χ4v) is 1.56. The number of aryl methyl sites for hydroxylation is 1. The fraction of sp³-hybridized carbons (Fsp3) is 0.727. The quantitative estimate of drug-likeness (QED) is 0.707. The predicted octanol–water partition coefficient (Wildman–Crippen LogP) is 0.599. The van der Waals surface area contributed by atoms with Gasteiger partial charge >= 0.3 is 5.97 Å². The van der Waals surface area contributed by atoms with Crippen LogP contribution in [0.25, 0.3) is 0 Å². The zero-order valence-electron chi connectivity index (χ0n) is 10.6. The van der Waals surface area contributed by atoms with E-state index in [0.29, 0.717) is 13.0 Å². The highest BCUT2D eigenvalue weighted by Crippen LogP contribution is 2.14. The van der Waals surface area contributed by atoms with Gasteiger partial charge in [0.15, 0.2) is 0 Å². The minimum absolute atomic E-state index is 0.207. The molecule has 17 heavy (non-hydrogen) atoms. The van der Waals surface area contributed by atoms with Gasteiger partial charge in [-0.15, -0.1) is 0 Å². The maximum Gasteiger partial charge on any atom is 0.326 e. The molecule has 1 rings (SSSR count). The van der Waals surface area contributed by atoms with E-state index < -0.39 is 5.54 Å². The number of ether oxygens (including phenoxy) is 1. The molecule has 0 aliphatic heterocycles. The van der Waals surface area contributed by atoms with E-state index in [4.69, 9.17) is 4.74 Å². The third-order valence-electron chi connectivity index (χ3n) is 2.81. The number of aromatic nitrogens is 3. The smallest absolute Gasteiger partial charge is 0.326 e. The van der Waals surface area contributed by atoms with Crippen LogP contribution < -0.4 is 5.32 Å². The van der Waals surface area contributed by atoms with Gasteiger partial charge in [-0.3, -0.25) is 9.48 Å². The molecule has 0 aliphatic carbocycles. The fourth-order valence-electron chi connectivity index (χ4n) is 1.56. The van der Waals surface area contributed by atoms with Crippen LogP contribution >= 0.6 is 0 Å². The number of carbonyl (C=O) groups excluding carboxylic acids is 1. The first-order chi connectivity index (χ1) is 8.12. The van der Waals surface area contributed by atoms with Gasteiger partial charge in [-0.25, -0.2) is 4.98 Å². The van der Waals surface area contributed by atoms with Crippen molar-refractivity contribution in [2.24, 2.45) is 0 Å². The molecule has 0 aliphatic rings. The van der Waals surface area contributed by atoms with E-state index >= 15 is 0 Å². The van der Waals surface area contributed by atoms with Gasteiger partial charge in [0.2, 0.25) is 0 Å². The van der Waals surface area contributed by atoms with Crippen molar-refractivity contribution in [3.63, 3.8) is 0 Å². The van der Waals surface area contributed by atoms with Crippen molar-refractivity contribution in [2.45, 2.75) is 38.8 Å². The second kappa shape index (κ2) is 6.34. The first-order valence-electron chi connectivity index (χ1n) is 5.81. The number of rotatable bonds is 7. The topological polar surface area (TPSA) is 69.0 Å². The molecular weight excluding hydrogens is 220 g/mol. The van der Waals surface area contributed by atoms with Crippen molar-refractivity contribution in [3.8, 4) is 0 Å². The van der Waals surface area contributed by atoms with Gasteiger partial charge in [-0.1, -0.05) is 0 Å². The molecule has 96 valence electrons. The number of esters is 1. The lowest BCUT2D eigenvalue weighted by Crippen LogP contribution is -2.48. The van der Waals surface area contributed by atoms with Crippen molar-refractivity contribution >= 4 is 5.97 Å². The number of carbonyl (C=O) groups is 1. The van der Waals surface area contributed by atoms with Gasteiger partial charge in [0, 0.05) is 6.54 Å². The lowest BCUT2D eigenvalue weighted by atomic mass is 9.96. The highest BCUT2D eigenvalue weighted by Gasteiger charge is 2.32. The van der Waals surface area contributed by atoms with Crippen LogP contribution in [0.4, 0.5) is 0 Å². The van der Waals surface area contributed by atoms with Gasteiger partial charge in [0.05, 0.1) is 6.61 Å². The van der Waals surface area contributed by atoms with E-state index in [2.05, 4.69) is 15.4 Å². The normalized spacial score (nSPS) is 14.3. The summed E-state index contributed by atoms with van der Waals surface area (Å²) in [6.07, 6.45) is 4.70. The van der Waals surface area contributed by atoms with E-state index in [9.17, 15) is 4.79 Å². The van der Waals surface area contributed by atoms with E-state index in [0.717, 1.165) is 13.0 Å². The average molecular weight is 240 g/mol. The molecule has 1 aromatic heterocycles. The zero-order valence-corrected chi connectivity index (χ0v) is 10.6. The van der Waals surface area contributed by atoms with E-state index in [1.54, 1.807) is 18.1 Å². The molecule has 0 spiro atoms. The van der Waals surface area contributed by atoms with Crippen LogP contribution in [-0.2, 0) is 16.1 Å². The minimum atomic E-state index is -0.628. The minimum Gasteiger partial charge on any atom is -0.465 e. The molecule has 1 unspecified atom stereocenters. The SMILES string of the molecule is CCOC(=O)C(C)(CCCn1cncn1)NC. The maximum absolute atomic E-state index is 11.8. The monoisotopic (exact) mass is 240 g/mol. The summed E-state index contributed by atoms with van der Waals surface area (Å²) in [6.45, 7) is 4.81. The number of likely N-dealkylation sites (N-methyl/N-ethyl adjacent to an activating group) is 1. The summed E-state index contributed by atoms with van der Waals surface area (Å²) in [5, 5.41) is 7.04. The van der Waals surface area contributed by atoms with Crippen molar-refractivity contribution in [2.75, 3.05) is 13.7 Å². The Morgan fingerprint density at radius 1 is 1.59 bits per heavy atom. The van der Waals surface area contributed by atoms with Gasteiger partial charge in [0.25, 0.3) is 0 Å². The van der Waals surface area contributed by atoms with Crippen molar-refractivity contribution < 1.29 is 9.53 Å². The molecular formula is C11H20N4O2. The largest absolute Gasteiger partial charge is 0.465 e. The summed E-state index contributed by atoms with van der Waals surface area (Å²) >= 11 is 0. The molecule has 1 atom stereocenters. The number of hydrogen-bond acceptors (Lipinski definition) is 5. The van der Waals surface area contributed by atoms with E-state index in [1.165, 1.54) is 6.33 Å². The summed E-state index contributed by atoms with van der Waals surface area (Å²) in [5.74, 6) is -0.207. The van der Waals surface area contributed by atoms with Crippen LogP contribution in [-0.4, -0.2) is 39.9 Å². The van der Waals surface area contributed by atoms with Gasteiger partial charge in [0.1, 0.15) is 18.2 Å². The third-order valence-corrected chi connectivity index (χ3v) is 2.81. The lowest BCUT2D eigenvalue weighted by molar-refractivity contribution is -0.150. The van der Waals surface area contributed by atoms with Crippen molar-refractivity contribution in [3.05, 3.63) is 12.7 Å². The molecule has 0 saturated carbocycles. The Labute approximate surface area is 101 Å². The molecule has 0 saturated heterocycles.